The Balaban J connectivity index is 1.89. The van der Waals surface area contributed by atoms with Crippen molar-refractivity contribution in [2.75, 3.05) is 20.3 Å². The van der Waals surface area contributed by atoms with E-state index in [1.807, 2.05) is 49.1 Å². The number of aromatic nitrogens is 3. The molecule has 25 heavy (non-hydrogen) atoms. The van der Waals surface area contributed by atoms with Crippen LogP contribution in [0.5, 0.6) is 0 Å². The molecule has 1 aromatic carbocycles. The molecule has 0 aliphatic rings. The zero-order chi connectivity index (χ0) is 18.0. The Bertz CT molecular complexity index is 900. The summed E-state index contributed by atoms with van der Waals surface area (Å²) in [6, 6.07) is 9.45. The van der Waals surface area contributed by atoms with Crippen LogP contribution in [0, 0.1) is 0 Å². The van der Waals surface area contributed by atoms with E-state index >= 15 is 0 Å². The summed E-state index contributed by atoms with van der Waals surface area (Å²) in [7, 11) is 5.45. The van der Waals surface area contributed by atoms with Gasteiger partial charge in [-0.1, -0.05) is 0 Å². The molecule has 0 radical (unpaired) electrons. The van der Waals surface area contributed by atoms with Crippen molar-refractivity contribution in [3.8, 4) is 0 Å². The third-order valence-corrected chi connectivity index (χ3v) is 4.67. The first-order valence-electron chi connectivity index (χ1n) is 8.01. The van der Waals surface area contributed by atoms with Crippen LogP contribution in [-0.4, -0.2) is 45.2 Å². The van der Waals surface area contributed by atoms with Crippen LogP contribution in [0.1, 0.15) is 16.1 Å². The first-order chi connectivity index (χ1) is 12.0. The van der Waals surface area contributed by atoms with Gasteiger partial charge in [-0.15, -0.1) is 0 Å². The number of carbonyl (C=O) groups excluding carboxylic acids is 1. The number of carbonyl (C=O) groups is 1. The van der Waals surface area contributed by atoms with E-state index in [2.05, 4.69) is 4.98 Å². The standard InChI is InChI=1S/C18H21ClN4O2/c1-21-8-4-5-14(21)12-23(9-10-25-3)17(24)13-6-7-16-15(11-13)20-18(19)22(16)2/h4-8,11H,9-10,12H2,1-3H3. The van der Waals surface area contributed by atoms with Gasteiger partial charge in [0.05, 0.1) is 24.2 Å². The maximum Gasteiger partial charge on any atom is 0.254 e. The molecule has 3 aromatic rings. The fourth-order valence-electron chi connectivity index (χ4n) is 2.80. The Morgan fingerprint density at radius 3 is 2.80 bits per heavy atom. The molecule has 3 rings (SSSR count). The summed E-state index contributed by atoms with van der Waals surface area (Å²) < 4.78 is 8.96. The Hall–Kier alpha value is -2.31. The fraction of sp³-hybridized carbons (Fsp3) is 0.333. The van der Waals surface area contributed by atoms with Crippen LogP contribution in [0.15, 0.2) is 36.5 Å². The largest absolute Gasteiger partial charge is 0.383 e. The van der Waals surface area contributed by atoms with E-state index in [0.29, 0.717) is 36.1 Å². The number of methoxy groups -OCH3 is 1. The lowest BCUT2D eigenvalue weighted by Crippen LogP contribution is -2.34. The SMILES string of the molecule is COCCN(Cc1cccn1C)C(=O)c1ccc2c(c1)nc(Cl)n2C. The van der Waals surface area contributed by atoms with E-state index < -0.39 is 0 Å². The van der Waals surface area contributed by atoms with E-state index in [1.165, 1.54) is 0 Å². The molecule has 7 heteroatoms. The quantitative estimate of drug-likeness (QED) is 0.679. The van der Waals surface area contributed by atoms with Crippen molar-refractivity contribution in [2.45, 2.75) is 6.54 Å². The van der Waals surface area contributed by atoms with Crippen LogP contribution in [0.4, 0.5) is 0 Å². The second-order valence-electron chi connectivity index (χ2n) is 5.97. The number of aryl methyl sites for hydroxylation is 2. The third kappa shape index (κ3) is 3.55. The summed E-state index contributed by atoms with van der Waals surface area (Å²) >= 11 is 6.06. The Labute approximate surface area is 151 Å². The fourth-order valence-corrected chi connectivity index (χ4v) is 2.98. The van der Waals surface area contributed by atoms with Crippen molar-refractivity contribution in [3.63, 3.8) is 0 Å². The molecule has 6 nitrogen and oxygen atoms in total. The van der Waals surface area contributed by atoms with Gasteiger partial charge >= 0.3 is 0 Å². The maximum absolute atomic E-state index is 13.0. The first kappa shape index (κ1) is 17.5. The molecule has 2 heterocycles. The van der Waals surface area contributed by atoms with Gasteiger partial charge in [0.1, 0.15) is 0 Å². The van der Waals surface area contributed by atoms with Gasteiger partial charge in [0.15, 0.2) is 0 Å². The van der Waals surface area contributed by atoms with E-state index in [4.69, 9.17) is 16.3 Å². The maximum atomic E-state index is 13.0. The van der Waals surface area contributed by atoms with E-state index in [1.54, 1.807) is 22.6 Å². The predicted molar refractivity (Wildman–Crippen MR) is 97.8 cm³/mol. The highest BCUT2D eigenvalue weighted by Gasteiger charge is 2.18. The highest BCUT2D eigenvalue weighted by atomic mass is 35.5. The van der Waals surface area contributed by atoms with Crippen molar-refractivity contribution in [1.82, 2.24) is 19.0 Å². The predicted octanol–water partition coefficient (Wildman–Crippen LogP) is 2.85. The monoisotopic (exact) mass is 360 g/mol. The minimum absolute atomic E-state index is 0.0538. The average molecular weight is 361 g/mol. The van der Waals surface area contributed by atoms with E-state index in [9.17, 15) is 4.79 Å². The summed E-state index contributed by atoms with van der Waals surface area (Å²) in [5, 5.41) is 0.402. The van der Waals surface area contributed by atoms with Gasteiger partial charge in [-0.2, -0.15) is 0 Å². The van der Waals surface area contributed by atoms with Crippen molar-refractivity contribution >= 4 is 28.5 Å². The number of ether oxygens (including phenoxy) is 1. The number of benzene rings is 1. The highest BCUT2D eigenvalue weighted by Crippen LogP contribution is 2.21. The summed E-state index contributed by atoms with van der Waals surface area (Å²) in [5.74, 6) is -0.0538. The molecule has 0 fully saturated rings. The number of hydrogen-bond donors (Lipinski definition) is 0. The van der Waals surface area contributed by atoms with E-state index in [0.717, 1.165) is 11.2 Å². The van der Waals surface area contributed by atoms with Gasteiger partial charge in [-0.05, 0) is 41.9 Å². The molecule has 0 spiro atoms. The number of nitrogens with zero attached hydrogens (tertiary/aromatic N) is 4. The van der Waals surface area contributed by atoms with Gasteiger partial charge in [-0.25, -0.2) is 4.98 Å². The summed E-state index contributed by atoms with van der Waals surface area (Å²) in [4.78, 5) is 19.1. The van der Waals surface area contributed by atoms with Gasteiger partial charge < -0.3 is 18.8 Å². The molecule has 0 unspecified atom stereocenters. The van der Waals surface area contributed by atoms with Gasteiger partial charge in [-0.3, -0.25) is 4.79 Å². The molecular weight excluding hydrogens is 340 g/mol. The Morgan fingerprint density at radius 1 is 1.32 bits per heavy atom. The number of halogens is 1. The van der Waals surface area contributed by atoms with Crippen LogP contribution in [-0.2, 0) is 25.4 Å². The van der Waals surface area contributed by atoms with Gasteiger partial charge in [0.25, 0.3) is 5.91 Å². The number of imidazole rings is 1. The number of hydrogen-bond acceptors (Lipinski definition) is 3. The number of rotatable bonds is 6. The third-order valence-electron chi connectivity index (χ3n) is 4.33. The van der Waals surface area contributed by atoms with Gasteiger partial charge in [0.2, 0.25) is 5.28 Å². The summed E-state index contributed by atoms with van der Waals surface area (Å²) in [6.45, 7) is 1.52. The van der Waals surface area contributed by atoms with Crippen LogP contribution in [0.2, 0.25) is 5.28 Å². The molecule has 0 atom stereocenters. The molecular formula is C18H21ClN4O2. The molecule has 0 saturated heterocycles. The molecule has 0 N–H and O–H groups in total. The highest BCUT2D eigenvalue weighted by molar-refractivity contribution is 6.29. The lowest BCUT2D eigenvalue weighted by atomic mass is 10.1. The lowest BCUT2D eigenvalue weighted by molar-refractivity contribution is 0.0676. The molecule has 0 saturated carbocycles. The van der Waals surface area contributed by atoms with Crippen LogP contribution < -0.4 is 0 Å². The molecule has 0 aliphatic heterocycles. The van der Waals surface area contributed by atoms with Crippen LogP contribution in [0.25, 0.3) is 11.0 Å². The van der Waals surface area contributed by atoms with Crippen molar-refractivity contribution < 1.29 is 9.53 Å². The minimum atomic E-state index is -0.0538. The number of fused-ring (bicyclic) bond motifs is 1. The van der Waals surface area contributed by atoms with Crippen LogP contribution >= 0.6 is 11.6 Å². The average Bonchev–Trinajstić information content (AvgIpc) is 3.13. The molecule has 1 amide bonds. The van der Waals surface area contributed by atoms with Crippen molar-refractivity contribution in [2.24, 2.45) is 14.1 Å². The second-order valence-corrected chi connectivity index (χ2v) is 6.31. The number of amides is 1. The topological polar surface area (TPSA) is 52.3 Å². The minimum Gasteiger partial charge on any atom is -0.383 e. The zero-order valence-corrected chi connectivity index (χ0v) is 15.3. The molecule has 2 aromatic heterocycles. The first-order valence-corrected chi connectivity index (χ1v) is 8.39. The lowest BCUT2D eigenvalue weighted by Gasteiger charge is -2.23. The summed E-state index contributed by atoms with van der Waals surface area (Å²) in [5.41, 5.74) is 3.26. The Morgan fingerprint density at radius 2 is 2.12 bits per heavy atom. The second kappa shape index (κ2) is 7.29. The zero-order valence-electron chi connectivity index (χ0n) is 14.6. The molecule has 132 valence electrons. The van der Waals surface area contributed by atoms with Crippen molar-refractivity contribution in [3.05, 3.63) is 53.1 Å². The molecule has 0 aliphatic carbocycles. The van der Waals surface area contributed by atoms with Crippen molar-refractivity contribution in [1.29, 1.82) is 0 Å². The Kier molecular flexibility index (Phi) is 5.11. The summed E-state index contributed by atoms with van der Waals surface area (Å²) in [6.07, 6.45) is 1.97. The van der Waals surface area contributed by atoms with Gasteiger partial charge in [0, 0.05) is 45.2 Å². The van der Waals surface area contributed by atoms with Crippen LogP contribution in [0.3, 0.4) is 0 Å². The van der Waals surface area contributed by atoms with E-state index in [-0.39, 0.29) is 5.91 Å². The normalized spacial score (nSPS) is 11.2. The smallest absolute Gasteiger partial charge is 0.254 e. The molecule has 0 bridgehead atoms.